The van der Waals surface area contributed by atoms with Crippen molar-refractivity contribution in [2.75, 3.05) is 11.5 Å². The lowest BCUT2D eigenvalue weighted by Crippen LogP contribution is -2.07. The van der Waals surface area contributed by atoms with E-state index in [0.717, 1.165) is 12.8 Å². The molecular formula is C12H20OS2. The number of carbonyl (C=O) groups is 1. The van der Waals surface area contributed by atoms with Crippen LogP contribution >= 0.6 is 23.5 Å². The second kappa shape index (κ2) is 6.64. The summed E-state index contributed by atoms with van der Waals surface area (Å²) in [5.41, 5.74) is 1.50. The van der Waals surface area contributed by atoms with Crippen molar-refractivity contribution < 1.29 is 4.79 Å². The van der Waals surface area contributed by atoms with Crippen molar-refractivity contribution in [1.29, 1.82) is 0 Å². The van der Waals surface area contributed by atoms with Gasteiger partial charge >= 0.3 is 0 Å². The molecular weight excluding hydrogens is 224 g/mol. The highest BCUT2D eigenvalue weighted by Crippen LogP contribution is 2.42. The first-order valence-electron chi connectivity index (χ1n) is 5.69. The molecule has 0 saturated carbocycles. The molecule has 0 aliphatic carbocycles. The van der Waals surface area contributed by atoms with Gasteiger partial charge in [0.1, 0.15) is 5.78 Å². The molecule has 1 nitrogen and oxygen atoms in total. The Labute approximate surface area is 101 Å². The third-order valence-electron chi connectivity index (χ3n) is 2.72. The number of carbonyl (C=O) groups excluding carboxylic acids is 1. The van der Waals surface area contributed by atoms with Crippen molar-refractivity contribution >= 4 is 29.3 Å². The van der Waals surface area contributed by atoms with Gasteiger partial charge in [0.25, 0.3) is 0 Å². The monoisotopic (exact) mass is 244 g/mol. The zero-order chi connectivity index (χ0) is 11.3. The van der Waals surface area contributed by atoms with Gasteiger partial charge in [-0.1, -0.05) is 20.8 Å². The second-order valence-electron chi connectivity index (χ2n) is 3.86. The van der Waals surface area contributed by atoms with Gasteiger partial charge in [0.05, 0.1) is 0 Å². The summed E-state index contributed by atoms with van der Waals surface area (Å²) in [6, 6.07) is 0. The normalized spacial score (nSPS) is 17.9. The van der Waals surface area contributed by atoms with Crippen LogP contribution in [0.1, 0.15) is 40.0 Å². The van der Waals surface area contributed by atoms with Gasteiger partial charge in [-0.15, -0.1) is 23.5 Å². The van der Waals surface area contributed by atoms with Crippen molar-refractivity contribution in [1.82, 2.24) is 0 Å². The third kappa shape index (κ3) is 3.87. The first-order valence-corrected chi connectivity index (χ1v) is 7.66. The molecule has 0 amide bonds. The molecule has 1 aliphatic rings. The van der Waals surface area contributed by atoms with Crippen molar-refractivity contribution in [3.05, 3.63) is 9.81 Å². The van der Waals surface area contributed by atoms with Crippen LogP contribution in [0, 0.1) is 5.92 Å². The summed E-state index contributed by atoms with van der Waals surface area (Å²) in [7, 11) is 0. The molecule has 1 unspecified atom stereocenters. The van der Waals surface area contributed by atoms with Crippen LogP contribution in [0.3, 0.4) is 0 Å². The van der Waals surface area contributed by atoms with Crippen molar-refractivity contribution in [3.8, 4) is 0 Å². The first kappa shape index (κ1) is 13.2. The van der Waals surface area contributed by atoms with Gasteiger partial charge in [0.15, 0.2) is 0 Å². The van der Waals surface area contributed by atoms with Gasteiger partial charge < -0.3 is 0 Å². The zero-order valence-corrected chi connectivity index (χ0v) is 11.5. The lowest BCUT2D eigenvalue weighted by atomic mass is 9.94. The standard InChI is InChI=1S/C12H20OS2/c1-4-10(13)8-9(3)11(5-2)12-14-6-7-15-12/h9H,4-8H2,1-3H3. The van der Waals surface area contributed by atoms with E-state index in [1.807, 2.05) is 30.4 Å². The van der Waals surface area contributed by atoms with Gasteiger partial charge in [0, 0.05) is 28.6 Å². The fourth-order valence-corrected chi connectivity index (χ4v) is 4.73. The molecule has 0 bridgehead atoms. The molecule has 0 spiro atoms. The molecule has 1 heterocycles. The summed E-state index contributed by atoms with van der Waals surface area (Å²) < 4.78 is 1.49. The average Bonchev–Trinajstić information content (AvgIpc) is 2.72. The van der Waals surface area contributed by atoms with Gasteiger partial charge in [-0.2, -0.15) is 0 Å². The van der Waals surface area contributed by atoms with Crippen LogP contribution in [0.4, 0.5) is 0 Å². The summed E-state index contributed by atoms with van der Waals surface area (Å²) in [5, 5.41) is 0. The Balaban J connectivity index is 2.65. The largest absolute Gasteiger partial charge is 0.300 e. The summed E-state index contributed by atoms with van der Waals surface area (Å²) in [6.07, 6.45) is 2.49. The molecule has 0 aromatic carbocycles. The summed E-state index contributed by atoms with van der Waals surface area (Å²) >= 11 is 3.94. The number of hydrogen-bond acceptors (Lipinski definition) is 3. The Bertz CT molecular complexity index is 250. The number of allylic oxidation sites excluding steroid dienone is 1. The highest BCUT2D eigenvalue weighted by molar-refractivity contribution is 8.25. The Kier molecular flexibility index (Phi) is 5.83. The highest BCUT2D eigenvalue weighted by atomic mass is 32.2. The fourth-order valence-electron chi connectivity index (χ4n) is 1.80. The smallest absolute Gasteiger partial charge is 0.133 e. The minimum absolute atomic E-state index is 0.391. The fraction of sp³-hybridized carbons (Fsp3) is 0.750. The summed E-state index contributed by atoms with van der Waals surface area (Å²) in [6.45, 7) is 6.35. The van der Waals surface area contributed by atoms with Crippen molar-refractivity contribution in [3.63, 3.8) is 0 Å². The van der Waals surface area contributed by atoms with E-state index in [2.05, 4.69) is 13.8 Å². The quantitative estimate of drug-likeness (QED) is 0.725. The van der Waals surface area contributed by atoms with E-state index < -0.39 is 0 Å². The van der Waals surface area contributed by atoms with E-state index in [4.69, 9.17) is 0 Å². The topological polar surface area (TPSA) is 17.1 Å². The molecule has 1 fully saturated rings. The second-order valence-corrected chi connectivity index (χ2v) is 6.33. The molecule has 0 aromatic rings. The maximum absolute atomic E-state index is 11.4. The van der Waals surface area contributed by atoms with E-state index in [0.29, 0.717) is 18.1 Å². The minimum Gasteiger partial charge on any atom is -0.300 e. The molecule has 0 aromatic heterocycles. The van der Waals surface area contributed by atoms with Gasteiger partial charge in [0.2, 0.25) is 0 Å². The lowest BCUT2D eigenvalue weighted by Gasteiger charge is -2.15. The maximum Gasteiger partial charge on any atom is 0.133 e. The number of Topliss-reactive ketones (excluding diaryl/α,β-unsaturated/α-hetero) is 1. The van der Waals surface area contributed by atoms with Crippen LogP contribution in [-0.2, 0) is 4.79 Å². The number of thioether (sulfide) groups is 2. The van der Waals surface area contributed by atoms with Crippen LogP contribution in [0.2, 0.25) is 0 Å². The lowest BCUT2D eigenvalue weighted by molar-refractivity contribution is -0.119. The molecule has 0 radical (unpaired) electrons. The molecule has 1 rings (SSSR count). The van der Waals surface area contributed by atoms with E-state index in [1.54, 1.807) is 0 Å². The molecule has 1 aliphatic heterocycles. The zero-order valence-electron chi connectivity index (χ0n) is 9.84. The number of rotatable bonds is 5. The predicted molar refractivity (Wildman–Crippen MR) is 71.3 cm³/mol. The predicted octanol–water partition coefficient (Wildman–Crippen LogP) is 4.09. The van der Waals surface area contributed by atoms with Crippen LogP contribution in [-0.4, -0.2) is 17.3 Å². The average molecular weight is 244 g/mol. The Hall–Kier alpha value is 0.110. The Morgan fingerprint density at radius 1 is 1.27 bits per heavy atom. The highest BCUT2D eigenvalue weighted by Gasteiger charge is 2.19. The SMILES string of the molecule is CCC(=O)CC(C)C(CC)=C1SCCS1. The first-order chi connectivity index (χ1) is 7.19. The molecule has 0 N–H and O–H groups in total. The maximum atomic E-state index is 11.4. The molecule has 15 heavy (non-hydrogen) atoms. The molecule has 1 atom stereocenters. The van der Waals surface area contributed by atoms with E-state index >= 15 is 0 Å². The van der Waals surface area contributed by atoms with E-state index in [1.165, 1.54) is 21.3 Å². The number of hydrogen-bond donors (Lipinski definition) is 0. The van der Waals surface area contributed by atoms with Crippen LogP contribution in [0.25, 0.3) is 0 Å². The van der Waals surface area contributed by atoms with Crippen molar-refractivity contribution in [2.24, 2.45) is 5.92 Å². The van der Waals surface area contributed by atoms with E-state index in [-0.39, 0.29) is 0 Å². The minimum atomic E-state index is 0.391. The van der Waals surface area contributed by atoms with Crippen molar-refractivity contribution in [2.45, 2.75) is 40.0 Å². The van der Waals surface area contributed by atoms with Crippen LogP contribution in [0.15, 0.2) is 9.81 Å². The number of ketones is 1. The third-order valence-corrected chi connectivity index (χ3v) is 5.55. The molecule has 3 heteroatoms. The van der Waals surface area contributed by atoms with E-state index in [9.17, 15) is 4.79 Å². The van der Waals surface area contributed by atoms with Crippen LogP contribution in [0.5, 0.6) is 0 Å². The van der Waals surface area contributed by atoms with Gasteiger partial charge in [-0.25, -0.2) is 0 Å². The summed E-state index contributed by atoms with van der Waals surface area (Å²) in [4.78, 5) is 11.4. The van der Waals surface area contributed by atoms with Gasteiger partial charge in [-0.3, -0.25) is 4.79 Å². The molecule has 86 valence electrons. The Morgan fingerprint density at radius 2 is 1.87 bits per heavy atom. The Morgan fingerprint density at radius 3 is 2.33 bits per heavy atom. The summed E-state index contributed by atoms with van der Waals surface area (Å²) in [5.74, 6) is 3.30. The van der Waals surface area contributed by atoms with Gasteiger partial charge in [-0.05, 0) is 17.9 Å². The van der Waals surface area contributed by atoms with Crippen LogP contribution < -0.4 is 0 Å². The molecule has 1 saturated heterocycles.